The fourth-order valence-electron chi connectivity index (χ4n) is 3.09. The maximum absolute atomic E-state index is 3.51. The molecule has 0 radical (unpaired) electrons. The van der Waals surface area contributed by atoms with Crippen LogP contribution in [0.3, 0.4) is 0 Å². The Balaban J connectivity index is 2.60. The topological polar surface area (TPSA) is 15.3 Å². The van der Waals surface area contributed by atoms with Crippen molar-refractivity contribution in [2.45, 2.75) is 72.3 Å². The SMILES string of the molecule is CCCCN(CC1(CC)CCNCC1)C(C)CC. The zero-order valence-corrected chi connectivity index (χ0v) is 13.1. The van der Waals surface area contributed by atoms with E-state index in [4.69, 9.17) is 0 Å². The fourth-order valence-corrected chi connectivity index (χ4v) is 3.09. The largest absolute Gasteiger partial charge is 0.317 e. The predicted molar refractivity (Wildman–Crippen MR) is 81.1 cm³/mol. The third kappa shape index (κ3) is 4.55. The highest BCUT2D eigenvalue weighted by Gasteiger charge is 2.32. The second-order valence-corrected chi connectivity index (χ2v) is 6.18. The molecule has 1 aliphatic rings. The Morgan fingerprint density at radius 1 is 1.17 bits per heavy atom. The molecule has 0 spiro atoms. The number of nitrogens with zero attached hydrogens (tertiary/aromatic N) is 1. The van der Waals surface area contributed by atoms with Crippen LogP contribution >= 0.6 is 0 Å². The van der Waals surface area contributed by atoms with Crippen molar-refractivity contribution in [3.05, 3.63) is 0 Å². The Bertz CT molecular complexity index is 209. The van der Waals surface area contributed by atoms with Gasteiger partial charge in [-0.05, 0) is 64.1 Å². The second kappa shape index (κ2) is 8.16. The monoisotopic (exact) mass is 254 g/mol. The van der Waals surface area contributed by atoms with Crippen LogP contribution in [0.5, 0.6) is 0 Å². The average molecular weight is 254 g/mol. The average Bonchev–Trinajstić information content (AvgIpc) is 2.43. The van der Waals surface area contributed by atoms with E-state index in [2.05, 4.69) is 37.9 Å². The summed E-state index contributed by atoms with van der Waals surface area (Å²) in [6.07, 6.45) is 8.01. The summed E-state index contributed by atoms with van der Waals surface area (Å²) in [6, 6.07) is 0.745. The van der Waals surface area contributed by atoms with Crippen molar-refractivity contribution in [3.63, 3.8) is 0 Å². The summed E-state index contributed by atoms with van der Waals surface area (Å²) in [5, 5.41) is 3.51. The first-order chi connectivity index (χ1) is 8.67. The molecule has 1 aliphatic heterocycles. The third-order valence-corrected chi connectivity index (χ3v) is 4.97. The Morgan fingerprint density at radius 3 is 2.33 bits per heavy atom. The molecular formula is C16H34N2. The maximum Gasteiger partial charge on any atom is 0.00645 e. The molecule has 0 aromatic rings. The summed E-state index contributed by atoms with van der Waals surface area (Å²) >= 11 is 0. The molecule has 0 aliphatic carbocycles. The van der Waals surface area contributed by atoms with Gasteiger partial charge < -0.3 is 10.2 Å². The lowest BCUT2D eigenvalue weighted by molar-refractivity contribution is 0.0794. The fraction of sp³-hybridized carbons (Fsp3) is 1.00. The molecule has 1 rings (SSSR count). The molecule has 0 amide bonds. The van der Waals surface area contributed by atoms with Crippen molar-refractivity contribution in [2.24, 2.45) is 5.41 Å². The van der Waals surface area contributed by atoms with E-state index in [-0.39, 0.29) is 0 Å². The first-order valence-corrected chi connectivity index (χ1v) is 8.12. The van der Waals surface area contributed by atoms with Gasteiger partial charge in [-0.1, -0.05) is 27.2 Å². The second-order valence-electron chi connectivity index (χ2n) is 6.18. The molecular weight excluding hydrogens is 220 g/mol. The van der Waals surface area contributed by atoms with Crippen LogP contribution in [0.1, 0.15) is 66.2 Å². The molecule has 1 heterocycles. The van der Waals surface area contributed by atoms with Gasteiger partial charge in [0.25, 0.3) is 0 Å². The summed E-state index contributed by atoms with van der Waals surface area (Å²) in [7, 11) is 0. The van der Waals surface area contributed by atoms with Crippen LogP contribution in [0, 0.1) is 5.41 Å². The van der Waals surface area contributed by atoms with Crippen LogP contribution in [0.15, 0.2) is 0 Å². The van der Waals surface area contributed by atoms with Crippen molar-refractivity contribution < 1.29 is 0 Å². The van der Waals surface area contributed by atoms with Crippen molar-refractivity contribution in [1.29, 1.82) is 0 Å². The molecule has 0 bridgehead atoms. The number of nitrogens with one attached hydrogen (secondary N) is 1. The Hall–Kier alpha value is -0.0800. The molecule has 1 N–H and O–H groups in total. The summed E-state index contributed by atoms with van der Waals surface area (Å²) in [4.78, 5) is 2.76. The van der Waals surface area contributed by atoms with Gasteiger partial charge >= 0.3 is 0 Å². The number of piperidine rings is 1. The molecule has 1 atom stereocenters. The highest BCUT2D eigenvalue weighted by Crippen LogP contribution is 2.34. The van der Waals surface area contributed by atoms with E-state index >= 15 is 0 Å². The Morgan fingerprint density at radius 2 is 1.83 bits per heavy atom. The van der Waals surface area contributed by atoms with Gasteiger partial charge in [0.05, 0.1) is 0 Å². The van der Waals surface area contributed by atoms with E-state index < -0.39 is 0 Å². The lowest BCUT2D eigenvalue weighted by Crippen LogP contribution is -2.47. The lowest BCUT2D eigenvalue weighted by atomic mass is 9.76. The molecule has 1 unspecified atom stereocenters. The van der Waals surface area contributed by atoms with Crippen LogP contribution < -0.4 is 5.32 Å². The van der Waals surface area contributed by atoms with E-state index in [0.717, 1.165) is 6.04 Å². The zero-order chi connectivity index (χ0) is 13.4. The van der Waals surface area contributed by atoms with Crippen molar-refractivity contribution in [3.8, 4) is 0 Å². The quantitative estimate of drug-likeness (QED) is 0.711. The first kappa shape index (κ1) is 16.0. The third-order valence-electron chi connectivity index (χ3n) is 4.97. The van der Waals surface area contributed by atoms with Gasteiger partial charge in [0.1, 0.15) is 0 Å². The highest BCUT2D eigenvalue weighted by atomic mass is 15.2. The molecule has 1 saturated heterocycles. The van der Waals surface area contributed by atoms with Crippen LogP contribution in [0.4, 0.5) is 0 Å². The van der Waals surface area contributed by atoms with E-state index in [1.165, 1.54) is 64.7 Å². The van der Waals surface area contributed by atoms with E-state index in [1.54, 1.807) is 0 Å². The summed E-state index contributed by atoms with van der Waals surface area (Å²) in [5.74, 6) is 0. The molecule has 0 aromatic carbocycles. The number of rotatable bonds is 8. The molecule has 0 aromatic heterocycles. The van der Waals surface area contributed by atoms with E-state index in [0.29, 0.717) is 5.41 Å². The Labute approximate surface area is 115 Å². The smallest absolute Gasteiger partial charge is 0.00645 e. The van der Waals surface area contributed by atoms with E-state index in [9.17, 15) is 0 Å². The van der Waals surface area contributed by atoms with Crippen molar-refractivity contribution in [2.75, 3.05) is 26.2 Å². The normalized spacial score (nSPS) is 21.2. The number of hydrogen-bond acceptors (Lipinski definition) is 2. The van der Waals surface area contributed by atoms with Gasteiger partial charge in [-0.15, -0.1) is 0 Å². The number of unbranched alkanes of at least 4 members (excludes halogenated alkanes) is 1. The molecule has 1 fully saturated rings. The molecule has 18 heavy (non-hydrogen) atoms. The first-order valence-electron chi connectivity index (χ1n) is 8.12. The molecule has 2 nitrogen and oxygen atoms in total. The molecule has 108 valence electrons. The van der Waals surface area contributed by atoms with Gasteiger partial charge in [0.15, 0.2) is 0 Å². The van der Waals surface area contributed by atoms with Crippen LogP contribution in [0.2, 0.25) is 0 Å². The highest BCUT2D eigenvalue weighted by molar-refractivity contribution is 4.87. The lowest BCUT2D eigenvalue weighted by Gasteiger charge is -2.43. The van der Waals surface area contributed by atoms with Crippen LogP contribution in [0.25, 0.3) is 0 Å². The minimum absolute atomic E-state index is 0.586. The molecule has 2 heteroatoms. The number of hydrogen-bond donors (Lipinski definition) is 1. The van der Waals surface area contributed by atoms with Crippen LogP contribution in [-0.2, 0) is 0 Å². The minimum Gasteiger partial charge on any atom is -0.317 e. The summed E-state index contributed by atoms with van der Waals surface area (Å²) in [5.41, 5.74) is 0.586. The molecule has 0 saturated carbocycles. The van der Waals surface area contributed by atoms with Gasteiger partial charge in [-0.3, -0.25) is 0 Å². The summed E-state index contributed by atoms with van der Waals surface area (Å²) < 4.78 is 0. The zero-order valence-electron chi connectivity index (χ0n) is 13.1. The summed E-state index contributed by atoms with van der Waals surface area (Å²) in [6.45, 7) is 14.5. The predicted octanol–water partition coefficient (Wildman–Crippen LogP) is 3.67. The minimum atomic E-state index is 0.586. The van der Waals surface area contributed by atoms with Crippen molar-refractivity contribution >= 4 is 0 Å². The standard InChI is InChI=1S/C16H34N2/c1-5-8-13-18(15(4)6-2)14-16(7-3)9-11-17-12-10-16/h15,17H,5-14H2,1-4H3. The van der Waals surface area contributed by atoms with Gasteiger partial charge in [0.2, 0.25) is 0 Å². The van der Waals surface area contributed by atoms with Gasteiger partial charge in [-0.2, -0.15) is 0 Å². The van der Waals surface area contributed by atoms with Crippen LogP contribution in [-0.4, -0.2) is 37.1 Å². The van der Waals surface area contributed by atoms with E-state index in [1.807, 2.05) is 0 Å². The maximum atomic E-state index is 3.51. The van der Waals surface area contributed by atoms with Gasteiger partial charge in [0, 0.05) is 12.6 Å². The van der Waals surface area contributed by atoms with Crippen molar-refractivity contribution in [1.82, 2.24) is 10.2 Å². The van der Waals surface area contributed by atoms with Gasteiger partial charge in [-0.25, -0.2) is 0 Å². The Kier molecular flexibility index (Phi) is 7.25.